The van der Waals surface area contributed by atoms with Crippen LogP contribution in [0.2, 0.25) is 10.0 Å². The Bertz CT molecular complexity index is 1180. The van der Waals surface area contributed by atoms with Crippen LogP contribution in [-0.4, -0.2) is 5.11 Å². The van der Waals surface area contributed by atoms with Crippen molar-refractivity contribution >= 4 is 23.2 Å². The van der Waals surface area contributed by atoms with Gasteiger partial charge in [0.2, 0.25) is 5.88 Å². The molecule has 150 valence electrons. The van der Waals surface area contributed by atoms with E-state index in [1.54, 1.807) is 30.3 Å². The smallest absolute Gasteiger partial charge is 0.205 e. The van der Waals surface area contributed by atoms with E-state index >= 15 is 0 Å². The standard InChI is InChI=1S/C23H16Cl2N2O3/c24-15-4-1-13(2-5-15)12-29-20-8-3-14(9-19(20)25)22-17-7-6-16(28)10-21(17)30-23(27)18(22)11-26/h1-10,22,28H,12,27H2/t22-/m1/s1. The minimum Gasteiger partial charge on any atom is -0.508 e. The Morgan fingerprint density at radius 2 is 1.83 bits per heavy atom. The van der Waals surface area contributed by atoms with Crippen LogP contribution in [0.25, 0.3) is 0 Å². The first-order valence-electron chi connectivity index (χ1n) is 9.03. The summed E-state index contributed by atoms with van der Waals surface area (Å²) in [5, 5.41) is 20.5. The Labute approximate surface area is 183 Å². The van der Waals surface area contributed by atoms with Crippen LogP contribution < -0.4 is 15.2 Å². The zero-order chi connectivity index (χ0) is 21.3. The second-order valence-corrected chi connectivity index (χ2v) is 7.60. The summed E-state index contributed by atoms with van der Waals surface area (Å²) in [7, 11) is 0. The third kappa shape index (κ3) is 3.88. The average molecular weight is 439 g/mol. The van der Waals surface area contributed by atoms with Crippen LogP contribution >= 0.6 is 23.2 Å². The Morgan fingerprint density at radius 1 is 1.07 bits per heavy atom. The van der Waals surface area contributed by atoms with Gasteiger partial charge in [-0.2, -0.15) is 5.26 Å². The van der Waals surface area contributed by atoms with Gasteiger partial charge in [-0.3, -0.25) is 0 Å². The quantitative estimate of drug-likeness (QED) is 0.561. The lowest BCUT2D eigenvalue weighted by atomic mass is 9.83. The van der Waals surface area contributed by atoms with E-state index < -0.39 is 5.92 Å². The molecule has 3 aromatic carbocycles. The summed E-state index contributed by atoms with van der Waals surface area (Å²) >= 11 is 12.4. The summed E-state index contributed by atoms with van der Waals surface area (Å²) in [6.07, 6.45) is 0. The number of nitriles is 1. The molecule has 1 aliphatic rings. The Morgan fingerprint density at radius 3 is 2.53 bits per heavy atom. The molecule has 1 heterocycles. The zero-order valence-electron chi connectivity index (χ0n) is 15.6. The molecule has 3 aromatic rings. The van der Waals surface area contributed by atoms with Gasteiger partial charge in [-0.15, -0.1) is 0 Å². The number of aromatic hydroxyl groups is 1. The van der Waals surface area contributed by atoms with Gasteiger partial charge in [0.05, 0.1) is 10.9 Å². The molecule has 3 N–H and O–H groups in total. The molecule has 0 bridgehead atoms. The lowest BCUT2D eigenvalue weighted by molar-refractivity contribution is 0.306. The highest BCUT2D eigenvalue weighted by atomic mass is 35.5. The molecule has 5 nitrogen and oxygen atoms in total. The minimum absolute atomic E-state index is 0.000197. The zero-order valence-corrected chi connectivity index (χ0v) is 17.1. The fourth-order valence-corrected chi connectivity index (χ4v) is 3.71. The number of allylic oxidation sites excluding steroid dienone is 1. The van der Waals surface area contributed by atoms with Crippen molar-refractivity contribution in [1.82, 2.24) is 0 Å². The van der Waals surface area contributed by atoms with Crippen molar-refractivity contribution in [3.63, 3.8) is 0 Å². The topological polar surface area (TPSA) is 88.5 Å². The van der Waals surface area contributed by atoms with Crippen LogP contribution in [0.15, 0.2) is 72.1 Å². The van der Waals surface area contributed by atoms with Crippen LogP contribution in [-0.2, 0) is 6.61 Å². The van der Waals surface area contributed by atoms with E-state index in [0.717, 1.165) is 11.1 Å². The van der Waals surface area contributed by atoms with Crippen molar-refractivity contribution in [2.24, 2.45) is 5.73 Å². The molecule has 0 amide bonds. The third-order valence-corrected chi connectivity index (χ3v) is 5.35. The number of benzene rings is 3. The van der Waals surface area contributed by atoms with E-state index in [-0.39, 0.29) is 17.2 Å². The van der Waals surface area contributed by atoms with E-state index in [2.05, 4.69) is 6.07 Å². The maximum atomic E-state index is 9.76. The van der Waals surface area contributed by atoms with Gasteiger partial charge in [0.25, 0.3) is 0 Å². The van der Waals surface area contributed by atoms with Gasteiger partial charge < -0.3 is 20.3 Å². The maximum absolute atomic E-state index is 9.76. The lowest BCUT2D eigenvalue weighted by Gasteiger charge is -2.26. The first-order chi connectivity index (χ1) is 14.5. The third-order valence-electron chi connectivity index (χ3n) is 4.80. The molecule has 0 saturated carbocycles. The van der Waals surface area contributed by atoms with Crippen molar-refractivity contribution < 1.29 is 14.6 Å². The molecule has 0 spiro atoms. The van der Waals surface area contributed by atoms with E-state index in [9.17, 15) is 10.4 Å². The molecule has 1 aliphatic heterocycles. The molecule has 0 aliphatic carbocycles. The van der Waals surface area contributed by atoms with Gasteiger partial charge in [0.15, 0.2) is 0 Å². The summed E-state index contributed by atoms with van der Waals surface area (Å²) in [5.41, 5.74) is 8.66. The summed E-state index contributed by atoms with van der Waals surface area (Å²) < 4.78 is 11.4. The molecule has 0 fully saturated rings. The van der Waals surface area contributed by atoms with E-state index in [0.29, 0.717) is 33.7 Å². The second-order valence-electron chi connectivity index (χ2n) is 6.75. The fourth-order valence-electron chi connectivity index (χ4n) is 3.34. The number of hydrogen-bond acceptors (Lipinski definition) is 5. The average Bonchev–Trinajstić information content (AvgIpc) is 2.73. The second kappa shape index (κ2) is 8.19. The molecular formula is C23H16Cl2N2O3. The number of rotatable bonds is 4. The molecule has 1 atom stereocenters. The van der Waals surface area contributed by atoms with Crippen molar-refractivity contribution in [3.8, 4) is 23.3 Å². The van der Waals surface area contributed by atoms with E-state index in [4.69, 9.17) is 38.4 Å². The predicted octanol–water partition coefficient (Wildman–Crippen LogP) is 5.50. The molecule has 0 aromatic heterocycles. The highest BCUT2D eigenvalue weighted by Gasteiger charge is 2.31. The van der Waals surface area contributed by atoms with E-state index in [1.165, 1.54) is 12.1 Å². The Balaban J connectivity index is 1.65. The van der Waals surface area contributed by atoms with Gasteiger partial charge in [0.1, 0.15) is 35.5 Å². The monoisotopic (exact) mass is 438 g/mol. The minimum atomic E-state index is -0.470. The van der Waals surface area contributed by atoms with Crippen molar-refractivity contribution in [2.75, 3.05) is 0 Å². The molecule has 0 saturated heterocycles. The SMILES string of the molecule is N#CC1=C(N)Oc2cc(O)ccc2[C@H]1c1ccc(OCc2ccc(Cl)cc2)c(Cl)c1. The summed E-state index contributed by atoms with van der Waals surface area (Å²) in [5.74, 6) is 0.492. The Hall–Kier alpha value is -3.33. The highest BCUT2D eigenvalue weighted by molar-refractivity contribution is 6.32. The number of phenolic OH excluding ortho intramolecular Hbond substituents is 1. The number of fused-ring (bicyclic) bond motifs is 1. The molecule has 0 radical (unpaired) electrons. The summed E-state index contributed by atoms with van der Waals surface area (Å²) in [6, 6.07) is 19.5. The highest BCUT2D eigenvalue weighted by Crippen LogP contribution is 2.44. The maximum Gasteiger partial charge on any atom is 0.205 e. The first-order valence-corrected chi connectivity index (χ1v) is 9.79. The fraction of sp³-hybridized carbons (Fsp3) is 0.0870. The number of halogens is 2. The van der Waals surface area contributed by atoms with Crippen LogP contribution in [0.1, 0.15) is 22.6 Å². The van der Waals surface area contributed by atoms with Crippen molar-refractivity contribution in [3.05, 3.63) is 98.9 Å². The molecule has 7 heteroatoms. The number of nitrogens with zero attached hydrogens (tertiary/aromatic N) is 1. The number of ether oxygens (including phenoxy) is 2. The van der Waals surface area contributed by atoms with E-state index in [1.807, 2.05) is 18.2 Å². The van der Waals surface area contributed by atoms with Gasteiger partial charge in [-0.25, -0.2) is 0 Å². The Kier molecular flexibility index (Phi) is 5.45. The molecule has 30 heavy (non-hydrogen) atoms. The van der Waals surface area contributed by atoms with Gasteiger partial charge in [-0.05, 0) is 41.5 Å². The first kappa shape index (κ1) is 20.0. The van der Waals surface area contributed by atoms with Gasteiger partial charge in [0, 0.05) is 16.7 Å². The van der Waals surface area contributed by atoms with Crippen molar-refractivity contribution in [1.29, 1.82) is 5.26 Å². The summed E-state index contributed by atoms with van der Waals surface area (Å²) in [4.78, 5) is 0. The normalized spacial score (nSPS) is 15.2. The van der Waals surface area contributed by atoms with Gasteiger partial charge in [-0.1, -0.05) is 47.5 Å². The number of phenols is 1. The molecular weight excluding hydrogens is 423 g/mol. The largest absolute Gasteiger partial charge is 0.508 e. The lowest BCUT2D eigenvalue weighted by Crippen LogP contribution is -2.21. The predicted molar refractivity (Wildman–Crippen MR) is 115 cm³/mol. The van der Waals surface area contributed by atoms with Crippen LogP contribution in [0, 0.1) is 11.3 Å². The van der Waals surface area contributed by atoms with Crippen molar-refractivity contribution in [2.45, 2.75) is 12.5 Å². The van der Waals surface area contributed by atoms with Crippen LogP contribution in [0.4, 0.5) is 0 Å². The van der Waals surface area contributed by atoms with Crippen LogP contribution in [0.5, 0.6) is 17.2 Å². The van der Waals surface area contributed by atoms with Crippen LogP contribution in [0.3, 0.4) is 0 Å². The number of nitrogens with two attached hydrogens (primary N) is 1. The van der Waals surface area contributed by atoms with Gasteiger partial charge >= 0.3 is 0 Å². The number of hydrogen-bond donors (Lipinski definition) is 2. The molecule has 4 rings (SSSR count). The summed E-state index contributed by atoms with van der Waals surface area (Å²) in [6.45, 7) is 0.339. The molecule has 0 unspecified atom stereocenters.